The first-order chi connectivity index (χ1) is 12.7. The molecule has 0 bridgehead atoms. The van der Waals surface area contributed by atoms with Crippen LogP contribution in [0.25, 0.3) is 11.2 Å². The Balaban J connectivity index is 1.61. The summed E-state index contributed by atoms with van der Waals surface area (Å²) in [4.78, 5) is 26.1. The Bertz CT molecular complexity index is 763. The number of nitrogen functional groups attached to an aromatic ring is 1. The SMILES string of the molecule is CCCCOc1nc(N)c2[nH]c(=O)n(CCCCCN3CCCC3)c2n1. The van der Waals surface area contributed by atoms with Crippen LogP contribution in [0.5, 0.6) is 6.01 Å². The van der Waals surface area contributed by atoms with E-state index in [0.29, 0.717) is 24.3 Å². The topological polar surface area (TPSA) is 102 Å². The van der Waals surface area contributed by atoms with E-state index in [0.717, 1.165) is 32.2 Å². The second kappa shape index (κ2) is 9.02. The molecule has 3 heterocycles. The molecule has 1 aliphatic rings. The number of H-pyrrole nitrogens is 1. The van der Waals surface area contributed by atoms with E-state index in [1.165, 1.54) is 32.4 Å². The highest BCUT2D eigenvalue weighted by Gasteiger charge is 2.15. The molecule has 8 heteroatoms. The van der Waals surface area contributed by atoms with E-state index in [4.69, 9.17) is 10.5 Å². The summed E-state index contributed by atoms with van der Waals surface area (Å²) in [5, 5.41) is 0. The number of aromatic amines is 1. The largest absolute Gasteiger partial charge is 0.463 e. The van der Waals surface area contributed by atoms with Crippen molar-refractivity contribution in [1.82, 2.24) is 24.4 Å². The monoisotopic (exact) mass is 362 g/mol. The average molecular weight is 362 g/mol. The van der Waals surface area contributed by atoms with Crippen LogP contribution in [0.4, 0.5) is 5.82 Å². The normalized spacial score (nSPS) is 15.1. The Morgan fingerprint density at radius 3 is 2.65 bits per heavy atom. The summed E-state index contributed by atoms with van der Waals surface area (Å²) in [7, 11) is 0. The lowest BCUT2D eigenvalue weighted by Gasteiger charge is -2.13. The molecule has 0 amide bonds. The van der Waals surface area contributed by atoms with E-state index in [-0.39, 0.29) is 17.5 Å². The summed E-state index contributed by atoms with van der Waals surface area (Å²) >= 11 is 0. The van der Waals surface area contributed by atoms with Crippen molar-refractivity contribution in [2.75, 3.05) is 32.0 Å². The molecule has 26 heavy (non-hydrogen) atoms. The zero-order valence-corrected chi connectivity index (χ0v) is 15.7. The lowest BCUT2D eigenvalue weighted by Crippen LogP contribution is -2.21. The highest BCUT2D eigenvalue weighted by atomic mass is 16.5. The van der Waals surface area contributed by atoms with Gasteiger partial charge in [0.25, 0.3) is 0 Å². The zero-order chi connectivity index (χ0) is 18.4. The molecule has 2 aromatic heterocycles. The van der Waals surface area contributed by atoms with Gasteiger partial charge < -0.3 is 20.4 Å². The third kappa shape index (κ3) is 4.55. The van der Waals surface area contributed by atoms with E-state index in [9.17, 15) is 4.79 Å². The summed E-state index contributed by atoms with van der Waals surface area (Å²) in [5.74, 6) is 0.256. The third-order valence-electron chi connectivity index (χ3n) is 4.91. The van der Waals surface area contributed by atoms with E-state index in [1.807, 2.05) is 0 Å². The van der Waals surface area contributed by atoms with Crippen molar-refractivity contribution in [1.29, 1.82) is 0 Å². The maximum absolute atomic E-state index is 12.3. The van der Waals surface area contributed by atoms with Gasteiger partial charge in [-0.05, 0) is 51.7 Å². The number of imidazole rings is 1. The number of nitrogens with one attached hydrogen (secondary N) is 1. The molecule has 0 unspecified atom stereocenters. The first kappa shape index (κ1) is 18.7. The van der Waals surface area contributed by atoms with Crippen molar-refractivity contribution in [3.63, 3.8) is 0 Å². The fourth-order valence-corrected chi connectivity index (χ4v) is 3.40. The minimum atomic E-state index is -0.189. The highest BCUT2D eigenvalue weighted by Crippen LogP contribution is 2.18. The van der Waals surface area contributed by atoms with E-state index >= 15 is 0 Å². The van der Waals surface area contributed by atoms with Crippen molar-refractivity contribution in [3.8, 4) is 6.01 Å². The number of ether oxygens (including phenoxy) is 1. The van der Waals surface area contributed by atoms with Gasteiger partial charge >= 0.3 is 11.7 Å². The first-order valence-corrected chi connectivity index (χ1v) is 9.80. The number of likely N-dealkylation sites (tertiary alicyclic amines) is 1. The van der Waals surface area contributed by atoms with Crippen molar-refractivity contribution in [3.05, 3.63) is 10.5 Å². The highest BCUT2D eigenvalue weighted by molar-refractivity contribution is 5.81. The van der Waals surface area contributed by atoms with Gasteiger partial charge in [0.1, 0.15) is 5.52 Å². The summed E-state index contributed by atoms with van der Waals surface area (Å²) < 4.78 is 7.21. The van der Waals surface area contributed by atoms with E-state index in [1.54, 1.807) is 4.57 Å². The number of fused-ring (bicyclic) bond motifs is 1. The van der Waals surface area contributed by atoms with Crippen molar-refractivity contribution < 1.29 is 4.74 Å². The molecule has 0 spiro atoms. The molecule has 0 saturated carbocycles. The molecule has 3 N–H and O–H groups in total. The van der Waals surface area contributed by atoms with Gasteiger partial charge in [-0.2, -0.15) is 9.97 Å². The molecule has 8 nitrogen and oxygen atoms in total. The molecule has 1 fully saturated rings. The molecule has 3 rings (SSSR count). The van der Waals surface area contributed by atoms with E-state index in [2.05, 4.69) is 26.8 Å². The molecule has 1 aliphatic heterocycles. The molecule has 1 saturated heterocycles. The second-order valence-corrected chi connectivity index (χ2v) is 6.98. The molecule has 0 radical (unpaired) electrons. The predicted octanol–water partition coefficient (Wildman–Crippen LogP) is 2.15. The van der Waals surface area contributed by atoms with Gasteiger partial charge in [-0.15, -0.1) is 0 Å². The standard InChI is InChI=1S/C18H30N6O2/c1-2-3-13-26-17-21-15(19)14-16(22-17)24(18(25)20-14)12-6-4-5-9-23-10-7-8-11-23/h2-13H2,1H3,(H,20,25)(H2,19,21,22). The first-order valence-electron chi connectivity index (χ1n) is 9.80. The molecule has 144 valence electrons. The van der Waals surface area contributed by atoms with Crippen LogP contribution < -0.4 is 16.2 Å². The predicted molar refractivity (Wildman–Crippen MR) is 102 cm³/mol. The Morgan fingerprint density at radius 2 is 1.88 bits per heavy atom. The van der Waals surface area contributed by atoms with Gasteiger partial charge in [0.15, 0.2) is 11.5 Å². The smallest absolute Gasteiger partial charge is 0.327 e. The van der Waals surface area contributed by atoms with E-state index < -0.39 is 0 Å². The number of nitrogens with zero attached hydrogens (tertiary/aromatic N) is 4. The number of rotatable bonds is 10. The summed E-state index contributed by atoms with van der Waals surface area (Å²) in [6.07, 6.45) is 7.82. The number of nitrogens with two attached hydrogens (primary N) is 1. The van der Waals surface area contributed by atoms with Crippen LogP contribution >= 0.6 is 0 Å². The molecule has 0 aliphatic carbocycles. The fraction of sp³-hybridized carbons (Fsp3) is 0.722. The van der Waals surface area contributed by atoms with Crippen molar-refractivity contribution >= 4 is 17.0 Å². The van der Waals surface area contributed by atoms with Crippen LogP contribution in [0.15, 0.2) is 4.79 Å². The Hall–Kier alpha value is -2.09. The van der Waals surface area contributed by atoms with Gasteiger partial charge in [0.05, 0.1) is 6.61 Å². The molecular formula is C18H30N6O2. The van der Waals surface area contributed by atoms with Gasteiger partial charge in [-0.3, -0.25) is 4.57 Å². The number of unbranched alkanes of at least 4 members (excludes halogenated alkanes) is 3. The number of aromatic nitrogens is 4. The summed E-state index contributed by atoms with van der Waals surface area (Å²) in [6, 6.07) is 0.241. The maximum atomic E-state index is 12.3. The number of aryl methyl sites for hydroxylation is 1. The van der Waals surface area contributed by atoms with Crippen molar-refractivity contribution in [2.45, 2.75) is 58.4 Å². The lowest BCUT2D eigenvalue weighted by molar-refractivity contribution is 0.286. The fourth-order valence-electron chi connectivity index (χ4n) is 3.40. The zero-order valence-electron chi connectivity index (χ0n) is 15.7. The number of anilines is 1. The number of hydrogen-bond acceptors (Lipinski definition) is 6. The second-order valence-electron chi connectivity index (χ2n) is 6.98. The van der Waals surface area contributed by atoms with Crippen LogP contribution in [0.1, 0.15) is 51.9 Å². The summed E-state index contributed by atoms with van der Waals surface area (Å²) in [6.45, 7) is 6.90. The van der Waals surface area contributed by atoms with Gasteiger partial charge in [0, 0.05) is 6.54 Å². The third-order valence-corrected chi connectivity index (χ3v) is 4.91. The molecule has 2 aromatic rings. The van der Waals surface area contributed by atoms with Crippen LogP contribution in [0, 0.1) is 0 Å². The summed E-state index contributed by atoms with van der Waals surface area (Å²) in [5.41, 5.74) is 6.81. The van der Waals surface area contributed by atoms with Gasteiger partial charge in [-0.25, -0.2) is 4.79 Å². The molecular weight excluding hydrogens is 332 g/mol. The van der Waals surface area contributed by atoms with Crippen LogP contribution in [-0.2, 0) is 6.54 Å². The molecule has 0 aromatic carbocycles. The molecule has 0 atom stereocenters. The average Bonchev–Trinajstić information content (AvgIpc) is 3.24. The quantitative estimate of drug-likeness (QED) is 0.628. The lowest BCUT2D eigenvalue weighted by atomic mass is 10.2. The van der Waals surface area contributed by atoms with Crippen LogP contribution in [-0.4, -0.2) is 50.7 Å². The van der Waals surface area contributed by atoms with Crippen molar-refractivity contribution in [2.24, 2.45) is 0 Å². The Labute approximate surface area is 153 Å². The number of hydrogen-bond donors (Lipinski definition) is 2. The maximum Gasteiger partial charge on any atom is 0.327 e. The van der Waals surface area contributed by atoms with Crippen LogP contribution in [0.3, 0.4) is 0 Å². The minimum Gasteiger partial charge on any atom is -0.463 e. The Kier molecular flexibility index (Phi) is 6.49. The Morgan fingerprint density at radius 1 is 1.12 bits per heavy atom. The minimum absolute atomic E-state index is 0.189. The van der Waals surface area contributed by atoms with Gasteiger partial charge in [-0.1, -0.05) is 19.8 Å². The van der Waals surface area contributed by atoms with Crippen LogP contribution in [0.2, 0.25) is 0 Å². The van der Waals surface area contributed by atoms with Gasteiger partial charge in [0.2, 0.25) is 0 Å².